The molecule has 1 aromatic heterocycles. The molecule has 0 aliphatic rings. The number of alkyl halides is 12. The lowest BCUT2D eigenvalue weighted by Crippen LogP contribution is -2.35. The average molecular weight is 505 g/mol. The average Bonchev–Trinajstić information content (AvgIpc) is 2.65. The molecule has 0 spiro atoms. The first-order chi connectivity index (χ1) is 14.4. The third kappa shape index (κ3) is 6.78. The van der Waals surface area contributed by atoms with E-state index in [-0.39, 0.29) is 0 Å². The molecule has 0 aliphatic carbocycles. The van der Waals surface area contributed by atoms with Gasteiger partial charge in [0.05, 0.1) is 0 Å². The molecular formula is C14H9F14NO3. The van der Waals surface area contributed by atoms with Crippen molar-refractivity contribution in [3.05, 3.63) is 11.6 Å². The minimum atomic E-state index is -5.05. The fourth-order valence-electron chi connectivity index (χ4n) is 1.49. The Kier molecular flexibility index (Phi) is 8.64. The van der Waals surface area contributed by atoms with Crippen molar-refractivity contribution in [1.82, 2.24) is 4.98 Å². The van der Waals surface area contributed by atoms with Crippen LogP contribution in [0.1, 0.15) is 0 Å². The predicted molar refractivity (Wildman–Crippen MR) is 73.5 cm³/mol. The number of aromatic nitrogens is 1. The molecule has 0 saturated heterocycles. The van der Waals surface area contributed by atoms with Gasteiger partial charge in [-0.05, 0) is 0 Å². The van der Waals surface area contributed by atoms with Crippen LogP contribution in [0.3, 0.4) is 0 Å². The van der Waals surface area contributed by atoms with Crippen molar-refractivity contribution in [3.8, 4) is 17.5 Å². The summed E-state index contributed by atoms with van der Waals surface area (Å²) in [5, 5.41) is 0. The minimum absolute atomic E-state index is 1.97. The SMILES string of the molecule is Fc1c(OCC(F)(F)C(F)F)nc(OCC(F)(F)C(F)F)c(F)c1OCC(F)(F)C(F)F. The van der Waals surface area contributed by atoms with E-state index in [4.69, 9.17) is 0 Å². The highest BCUT2D eigenvalue weighted by Crippen LogP contribution is 2.37. The molecule has 0 fully saturated rings. The van der Waals surface area contributed by atoms with Crippen molar-refractivity contribution >= 4 is 0 Å². The zero-order valence-electron chi connectivity index (χ0n) is 14.8. The maximum Gasteiger partial charge on any atom is 0.340 e. The van der Waals surface area contributed by atoms with Crippen molar-refractivity contribution in [3.63, 3.8) is 0 Å². The summed E-state index contributed by atoms with van der Waals surface area (Å²) in [5.74, 6) is -26.0. The van der Waals surface area contributed by atoms with Crippen molar-refractivity contribution in [1.29, 1.82) is 0 Å². The van der Waals surface area contributed by atoms with Gasteiger partial charge in [0.1, 0.15) is 0 Å². The van der Waals surface area contributed by atoms with Crippen LogP contribution in [0.5, 0.6) is 17.5 Å². The molecule has 32 heavy (non-hydrogen) atoms. The first-order valence-electron chi connectivity index (χ1n) is 7.67. The fraction of sp³-hybridized carbons (Fsp3) is 0.643. The highest BCUT2D eigenvalue weighted by molar-refractivity contribution is 5.38. The number of rotatable bonds is 12. The summed E-state index contributed by atoms with van der Waals surface area (Å²) < 4.78 is 190. The molecule has 0 aliphatic heterocycles. The van der Waals surface area contributed by atoms with E-state index in [2.05, 4.69) is 19.2 Å². The molecule has 0 atom stereocenters. The van der Waals surface area contributed by atoms with Crippen LogP contribution < -0.4 is 14.2 Å². The first kappa shape index (κ1) is 27.6. The third-order valence-corrected chi connectivity index (χ3v) is 3.15. The van der Waals surface area contributed by atoms with E-state index in [1.54, 1.807) is 0 Å². The molecule has 1 aromatic rings. The van der Waals surface area contributed by atoms with Gasteiger partial charge >= 0.3 is 37.0 Å². The van der Waals surface area contributed by atoms with Crippen LogP contribution in [0.2, 0.25) is 0 Å². The maximum atomic E-state index is 14.1. The first-order valence-corrected chi connectivity index (χ1v) is 7.67. The van der Waals surface area contributed by atoms with Crippen LogP contribution in [-0.4, -0.2) is 61.8 Å². The number of ether oxygens (including phenoxy) is 3. The molecule has 0 amide bonds. The number of hydrogen-bond donors (Lipinski definition) is 0. The lowest BCUT2D eigenvalue weighted by molar-refractivity contribution is -0.152. The van der Waals surface area contributed by atoms with Crippen LogP contribution >= 0.6 is 0 Å². The molecule has 0 saturated carbocycles. The Morgan fingerprint density at radius 3 is 1.12 bits per heavy atom. The smallest absolute Gasteiger partial charge is 0.340 e. The number of pyridine rings is 1. The van der Waals surface area contributed by atoms with Gasteiger partial charge in [0.15, 0.2) is 19.8 Å². The second-order valence-corrected chi connectivity index (χ2v) is 5.73. The molecular weight excluding hydrogens is 496 g/mol. The Labute approximate surface area is 168 Å². The van der Waals surface area contributed by atoms with E-state index in [9.17, 15) is 61.5 Å². The summed E-state index contributed by atoms with van der Waals surface area (Å²) in [6.07, 6.45) is -13.2. The van der Waals surface area contributed by atoms with E-state index in [0.717, 1.165) is 0 Å². The summed E-state index contributed by atoms with van der Waals surface area (Å²) >= 11 is 0. The van der Waals surface area contributed by atoms with Crippen LogP contribution in [-0.2, 0) is 0 Å². The van der Waals surface area contributed by atoms with E-state index in [1.165, 1.54) is 0 Å². The van der Waals surface area contributed by atoms with Gasteiger partial charge in [-0.15, -0.1) is 0 Å². The Bertz CT molecular complexity index is 725. The van der Waals surface area contributed by atoms with Crippen molar-refractivity contribution in [2.45, 2.75) is 37.0 Å². The van der Waals surface area contributed by atoms with E-state index in [1.807, 2.05) is 0 Å². The monoisotopic (exact) mass is 505 g/mol. The Balaban J connectivity index is 3.33. The lowest BCUT2D eigenvalue weighted by atomic mass is 10.3. The summed E-state index contributed by atoms with van der Waals surface area (Å²) in [5.41, 5.74) is 0. The zero-order valence-corrected chi connectivity index (χ0v) is 14.8. The largest absolute Gasteiger partial charge is 0.481 e. The van der Waals surface area contributed by atoms with Gasteiger partial charge in [-0.3, -0.25) is 0 Å². The van der Waals surface area contributed by atoms with Gasteiger partial charge in [0, 0.05) is 0 Å². The van der Waals surface area contributed by atoms with Crippen molar-refractivity contribution < 1.29 is 75.7 Å². The van der Waals surface area contributed by atoms with Crippen LogP contribution in [0.4, 0.5) is 61.5 Å². The lowest BCUT2D eigenvalue weighted by Gasteiger charge is -2.20. The predicted octanol–water partition coefficient (Wildman–Crippen LogP) is 5.20. The third-order valence-electron chi connectivity index (χ3n) is 3.15. The van der Waals surface area contributed by atoms with E-state index < -0.39 is 86.0 Å². The van der Waals surface area contributed by atoms with Gasteiger partial charge in [-0.2, -0.15) is 40.1 Å². The normalized spacial score (nSPS) is 13.3. The number of hydrogen-bond acceptors (Lipinski definition) is 4. The topological polar surface area (TPSA) is 40.6 Å². The highest BCUT2D eigenvalue weighted by Gasteiger charge is 2.45. The fourth-order valence-corrected chi connectivity index (χ4v) is 1.49. The minimum Gasteiger partial charge on any atom is -0.481 e. The van der Waals surface area contributed by atoms with Gasteiger partial charge in [-0.25, -0.2) is 26.3 Å². The number of nitrogens with zero attached hydrogens (tertiary/aromatic N) is 1. The molecule has 0 radical (unpaired) electrons. The zero-order chi connectivity index (χ0) is 25.1. The van der Waals surface area contributed by atoms with Crippen LogP contribution in [0.15, 0.2) is 0 Å². The molecule has 0 bridgehead atoms. The standard InChI is InChI=1S/C14H9F14NO3/c15-4-6(30-1-12(23,24)9(17)18)5(16)8(32-3-14(27,28)11(21)22)29-7(4)31-2-13(25,26)10(19)20/h9-11H,1-3H2. The summed E-state index contributed by atoms with van der Waals surface area (Å²) in [6, 6.07) is 0. The maximum absolute atomic E-state index is 14.1. The van der Waals surface area contributed by atoms with Gasteiger partial charge in [0.2, 0.25) is 17.4 Å². The van der Waals surface area contributed by atoms with Crippen LogP contribution in [0.25, 0.3) is 0 Å². The molecule has 18 heteroatoms. The van der Waals surface area contributed by atoms with Crippen LogP contribution in [0, 0.1) is 11.6 Å². The number of halogens is 14. The van der Waals surface area contributed by atoms with Gasteiger partial charge in [0.25, 0.3) is 11.8 Å². The molecule has 4 nitrogen and oxygen atoms in total. The van der Waals surface area contributed by atoms with Gasteiger partial charge in [-0.1, -0.05) is 0 Å². The quantitative estimate of drug-likeness (QED) is 0.367. The molecule has 186 valence electrons. The molecule has 1 rings (SSSR count). The van der Waals surface area contributed by atoms with Gasteiger partial charge < -0.3 is 14.2 Å². The highest BCUT2D eigenvalue weighted by atomic mass is 19.3. The van der Waals surface area contributed by atoms with Crippen molar-refractivity contribution in [2.24, 2.45) is 0 Å². The second kappa shape index (κ2) is 10.0. The van der Waals surface area contributed by atoms with E-state index in [0.29, 0.717) is 0 Å². The molecule has 0 unspecified atom stereocenters. The summed E-state index contributed by atoms with van der Waals surface area (Å²) in [4.78, 5) is 2.57. The Morgan fingerprint density at radius 2 is 0.844 bits per heavy atom. The summed E-state index contributed by atoms with van der Waals surface area (Å²) in [7, 11) is 0. The van der Waals surface area contributed by atoms with Crippen molar-refractivity contribution in [2.75, 3.05) is 19.8 Å². The Morgan fingerprint density at radius 1 is 0.562 bits per heavy atom. The molecule has 0 aromatic carbocycles. The van der Waals surface area contributed by atoms with E-state index >= 15 is 0 Å². The molecule has 0 N–H and O–H groups in total. The second-order valence-electron chi connectivity index (χ2n) is 5.73. The molecule has 1 heterocycles. The Hall–Kier alpha value is -2.43. The summed E-state index contributed by atoms with van der Waals surface area (Å²) in [6.45, 7) is -7.25.